The molecule has 0 fully saturated rings. The van der Waals surface area contributed by atoms with Crippen molar-refractivity contribution in [2.24, 2.45) is 0 Å². The fourth-order valence-corrected chi connectivity index (χ4v) is 2.11. The summed E-state index contributed by atoms with van der Waals surface area (Å²) in [6, 6.07) is 7.83. The Morgan fingerprint density at radius 3 is 2.48 bits per heavy atom. The maximum Gasteiger partial charge on any atom is 0.136 e. The zero-order chi connectivity index (χ0) is 15.5. The molecule has 0 bridgehead atoms. The van der Waals surface area contributed by atoms with Gasteiger partial charge in [0.1, 0.15) is 11.8 Å². The van der Waals surface area contributed by atoms with Crippen molar-refractivity contribution in [1.29, 1.82) is 5.26 Å². The van der Waals surface area contributed by atoms with Crippen LogP contribution in [0, 0.1) is 11.3 Å². The van der Waals surface area contributed by atoms with E-state index >= 15 is 0 Å². The van der Waals surface area contributed by atoms with Gasteiger partial charge in [0.05, 0.1) is 19.3 Å². The van der Waals surface area contributed by atoms with Gasteiger partial charge in [0.2, 0.25) is 0 Å². The summed E-state index contributed by atoms with van der Waals surface area (Å²) in [4.78, 5) is 2.31. The van der Waals surface area contributed by atoms with E-state index in [1.807, 2.05) is 12.1 Å². The van der Waals surface area contributed by atoms with E-state index in [0.29, 0.717) is 17.9 Å². The predicted octanol–water partition coefficient (Wildman–Crippen LogP) is 2.05. The van der Waals surface area contributed by atoms with Gasteiger partial charge in [0.25, 0.3) is 0 Å². The first-order chi connectivity index (χ1) is 10.2. The summed E-state index contributed by atoms with van der Waals surface area (Å²) in [6.45, 7) is 4.05. The first-order valence-electron chi connectivity index (χ1n) is 7.02. The molecule has 0 atom stereocenters. The molecule has 0 radical (unpaired) electrons. The van der Waals surface area contributed by atoms with Crippen molar-refractivity contribution in [3.8, 4) is 11.8 Å². The first kappa shape index (κ1) is 17.4. The fraction of sp³-hybridized carbons (Fsp3) is 0.562. The summed E-state index contributed by atoms with van der Waals surface area (Å²) in [6.07, 6.45) is 0.980. The Kier molecular flexibility index (Phi) is 8.44. The third kappa shape index (κ3) is 6.13. The summed E-state index contributed by atoms with van der Waals surface area (Å²) < 4.78 is 15.5. The largest absolute Gasteiger partial charge is 0.495 e. The van der Waals surface area contributed by atoms with Crippen LogP contribution in [0.5, 0.6) is 5.75 Å². The highest BCUT2D eigenvalue weighted by Gasteiger charge is 2.09. The minimum absolute atomic E-state index is 0.559. The second kappa shape index (κ2) is 10.2. The Balaban J connectivity index is 2.70. The van der Waals surface area contributed by atoms with Crippen LogP contribution in [0.2, 0.25) is 0 Å². The van der Waals surface area contributed by atoms with Crippen molar-refractivity contribution in [1.82, 2.24) is 4.90 Å². The van der Waals surface area contributed by atoms with Gasteiger partial charge in [-0.15, -0.1) is 0 Å². The van der Waals surface area contributed by atoms with Crippen LogP contribution in [-0.4, -0.2) is 52.5 Å². The molecule has 0 aliphatic carbocycles. The van der Waals surface area contributed by atoms with Crippen LogP contribution in [0.4, 0.5) is 0 Å². The zero-order valence-electron chi connectivity index (χ0n) is 13.1. The molecule has 1 rings (SSSR count). The summed E-state index contributed by atoms with van der Waals surface area (Å²) in [5.74, 6) is 0.624. The summed E-state index contributed by atoms with van der Waals surface area (Å²) >= 11 is 0. The predicted molar refractivity (Wildman–Crippen MR) is 81.4 cm³/mol. The highest BCUT2D eigenvalue weighted by molar-refractivity contribution is 5.45. The maximum atomic E-state index is 9.01. The van der Waals surface area contributed by atoms with Gasteiger partial charge in [-0.3, -0.25) is 4.90 Å². The second-order valence-corrected chi connectivity index (χ2v) is 4.76. The molecular formula is C16H24N2O3. The van der Waals surface area contributed by atoms with Gasteiger partial charge in [0.15, 0.2) is 0 Å². The van der Waals surface area contributed by atoms with Gasteiger partial charge < -0.3 is 14.2 Å². The van der Waals surface area contributed by atoms with Gasteiger partial charge >= 0.3 is 0 Å². The zero-order valence-corrected chi connectivity index (χ0v) is 13.1. The molecule has 21 heavy (non-hydrogen) atoms. The lowest BCUT2D eigenvalue weighted by atomic mass is 10.1. The molecule has 116 valence electrons. The number of nitriles is 1. The van der Waals surface area contributed by atoms with E-state index in [4.69, 9.17) is 19.5 Å². The van der Waals surface area contributed by atoms with Gasteiger partial charge in [-0.25, -0.2) is 0 Å². The fourth-order valence-electron chi connectivity index (χ4n) is 2.11. The molecule has 0 spiro atoms. The van der Waals surface area contributed by atoms with Crippen LogP contribution in [0.1, 0.15) is 17.5 Å². The number of benzene rings is 1. The molecule has 0 unspecified atom stereocenters. The molecular weight excluding hydrogens is 268 g/mol. The van der Waals surface area contributed by atoms with Crippen molar-refractivity contribution in [3.63, 3.8) is 0 Å². The van der Waals surface area contributed by atoms with Gasteiger partial charge in [-0.05, 0) is 24.1 Å². The van der Waals surface area contributed by atoms with Crippen LogP contribution < -0.4 is 4.74 Å². The normalized spacial score (nSPS) is 10.6. The highest BCUT2D eigenvalue weighted by atomic mass is 16.5. The average Bonchev–Trinajstić information content (AvgIpc) is 2.52. The summed E-state index contributed by atoms with van der Waals surface area (Å²) in [7, 11) is 5.00. The van der Waals surface area contributed by atoms with E-state index in [9.17, 15) is 0 Å². The standard InChI is InChI=1S/C16H24N2O3/c1-19-9-4-7-18(8-10-20-2)13-14-5-6-15(12-17)16(11-14)21-3/h5-6,11H,4,7-10,13H2,1-3H3. The number of hydrogen-bond donors (Lipinski definition) is 0. The van der Waals surface area contributed by atoms with Crippen LogP contribution in [0.15, 0.2) is 18.2 Å². The molecule has 5 heteroatoms. The SMILES string of the molecule is COCCCN(CCOC)Cc1ccc(C#N)c(OC)c1. The first-order valence-corrected chi connectivity index (χ1v) is 7.02. The number of ether oxygens (including phenoxy) is 3. The average molecular weight is 292 g/mol. The van der Waals surface area contributed by atoms with Crippen molar-refractivity contribution >= 4 is 0 Å². The van der Waals surface area contributed by atoms with E-state index in [1.54, 1.807) is 27.4 Å². The Morgan fingerprint density at radius 2 is 1.86 bits per heavy atom. The Hall–Kier alpha value is -1.61. The number of hydrogen-bond acceptors (Lipinski definition) is 5. The summed E-state index contributed by atoms with van der Waals surface area (Å²) in [5.41, 5.74) is 1.68. The van der Waals surface area contributed by atoms with Crippen molar-refractivity contribution in [3.05, 3.63) is 29.3 Å². The topological polar surface area (TPSA) is 54.7 Å². The number of methoxy groups -OCH3 is 3. The quantitative estimate of drug-likeness (QED) is 0.618. The Labute approximate surface area is 127 Å². The van der Waals surface area contributed by atoms with Gasteiger partial charge in [0, 0.05) is 40.5 Å². The third-order valence-electron chi connectivity index (χ3n) is 3.23. The van der Waals surface area contributed by atoms with Gasteiger partial charge in [-0.1, -0.05) is 6.07 Å². The van der Waals surface area contributed by atoms with E-state index in [2.05, 4.69) is 11.0 Å². The van der Waals surface area contributed by atoms with E-state index in [0.717, 1.165) is 38.2 Å². The molecule has 1 aromatic rings. The molecule has 0 saturated carbocycles. The molecule has 0 aromatic heterocycles. The lowest BCUT2D eigenvalue weighted by Crippen LogP contribution is -2.28. The van der Waals surface area contributed by atoms with Crippen LogP contribution in [0.3, 0.4) is 0 Å². The second-order valence-electron chi connectivity index (χ2n) is 4.76. The molecule has 0 aliphatic rings. The van der Waals surface area contributed by atoms with E-state index in [-0.39, 0.29) is 0 Å². The van der Waals surface area contributed by atoms with Crippen LogP contribution in [-0.2, 0) is 16.0 Å². The van der Waals surface area contributed by atoms with Crippen molar-refractivity contribution in [2.75, 3.05) is 47.6 Å². The van der Waals surface area contributed by atoms with Crippen LogP contribution in [0.25, 0.3) is 0 Å². The lowest BCUT2D eigenvalue weighted by molar-refractivity contribution is 0.129. The minimum atomic E-state index is 0.559. The number of nitrogens with zero attached hydrogens (tertiary/aromatic N) is 2. The van der Waals surface area contributed by atoms with Crippen molar-refractivity contribution < 1.29 is 14.2 Å². The molecule has 0 heterocycles. The molecule has 0 N–H and O–H groups in total. The lowest BCUT2D eigenvalue weighted by Gasteiger charge is -2.22. The smallest absolute Gasteiger partial charge is 0.136 e. The molecule has 1 aromatic carbocycles. The molecule has 0 amide bonds. The minimum Gasteiger partial charge on any atom is -0.495 e. The highest BCUT2D eigenvalue weighted by Crippen LogP contribution is 2.20. The summed E-state index contributed by atoms with van der Waals surface area (Å²) in [5, 5.41) is 9.01. The Morgan fingerprint density at radius 1 is 1.10 bits per heavy atom. The monoisotopic (exact) mass is 292 g/mol. The van der Waals surface area contributed by atoms with Crippen molar-refractivity contribution in [2.45, 2.75) is 13.0 Å². The molecule has 0 aliphatic heterocycles. The third-order valence-corrected chi connectivity index (χ3v) is 3.23. The molecule has 5 nitrogen and oxygen atoms in total. The van der Waals surface area contributed by atoms with Crippen LogP contribution >= 0.6 is 0 Å². The van der Waals surface area contributed by atoms with E-state index < -0.39 is 0 Å². The van der Waals surface area contributed by atoms with Gasteiger partial charge in [-0.2, -0.15) is 5.26 Å². The molecule has 0 saturated heterocycles. The number of rotatable bonds is 10. The van der Waals surface area contributed by atoms with E-state index in [1.165, 1.54) is 0 Å². The Bertz CT molecular complexity index is 457. The maximum absolute atomic E-state index is 9.01.